The summed E-state index contributed by atoms with van der Waals surface area (Å²) in [6.45, 7) is 9.67. The summed E-state index contributed by atoms with van der Waals surface area (Å²) in [5.41, 5.74) is 9.77. The number of rotatable bonds is 4. The lowest BCUT2D eigenvalue weighted by Crippen LogP contribution is -2.10. The maximum absolute atomic E-state index is 5.49. The molecule has 0 heterocycles. The van der Waals surface area contributed by atoms with Crippen LogP contribution >= 0.6 is 0 Å². The first-order valence-corrected chi connectivity index (χ1v) is 6.43. The zero-order valence-corrected chi connectivity index (χ0v) is 11.6. The molecule has 1 rings (SSSR count). The van der Waals surface area contributed by atoms with Gasteiger partial charge >= 0.3 is 0 Å². The molecule has 1 aromatic rings. The number of nitrogens with two attached hydrogens (primary N) is 1. The lowest BCUT2D eigenvalue weighted by Gasteiger charge is -2.19. The van der Waals surface area contributed by atoms with Crippen molar-refractivity contribution in [3.05, 3.63) is 41.5 Å². The molecule has 0 aliphatic carbocycles. The second kappa shape index (κ2) is 6.02. The fourth-order valence-corrected chi connectivity index (χ4v) is 1.79. The van der Waals surface area contributed by atoms with Crippen molar-refractivity contribution in [2.24, 2.45) is 5.73 Å². The summed E-state index contributed by atoms with van der Waals surface area (Å²) in [5.74, 6) is 0. The maximum atomic E-state index is 5.49. The maximum Gasteiger partial charge on any atom is -0.00743 e. The summed E-state index contributed by atoms with van der Waals surface area (Å²) >= 11 is 0. The van der Waals surface area contributed by atoms with E-state index in [2.05, 4.69) is 58.0 Å². The van der Waals surface area contributed by atoms with E-state index in [1.807, 2.05) is 0 Å². The predicted octanol–water partition coefficient (Wildman–Crippen LogP) is 4.13. The van der Waals surface area contributed by atoms with Gasteiger partial charge in [-0.25, -0.2) is 0 Å². The van der Waals surface area contributed by atoms with E-state index in [4.69, 9.17) is 5.73 Å². The Morgan fingerprint density at radius 1 is 1.18 bits per heavy atom. The normalized spacial score (nSPS) is 12.9. The van der Waals surface area contributed by atoms with E-state index in [1.54, 1.807) is 0 Å². The topological polar surface area (TPSA) is 26.0 Å². The van der Waals surface area contributed by atoms with Crippen molar-refractivity contribution in [1.82, 2.24) is 0 Å². The molecule has 0 aliphatic rings. The minimum Gasteiger partial charge on any atom is -0.330 e. The van der Waals surface area contributed by atoms with Gasteiger partial charge in [0.2, 0.25) is 0 Å². The van der Waals surface area contributed by atoms with Gasteiger partial charge in [0.05, 0.1) is 0 Å². The highest BCUT2D eigenvalue weighted by atomic mass is 14.5. The summed E-state index contributed by atoms with van der Waals surface area (Å²) in [6.07, 6.45) is 4.42. The first-order valence-electron chi connectivity index (χ1n) is 6.43. The zero-order chi connectivity index (χ0) is 12.9. The lowest BCUT2D eigenvalue weighted by atomic mass is 9.86. The van der Waals surface area contributed by atoms with Gasteiger partial charge in [-0.3, -0.25) is 0 Å². The molecule has 17 heavy (non-hydrogen) atoms. The Bertz CT molecular complexity index is 366. The molecule has 1 heteroatoms. The van der Waals surface area contributed by atoms with Gasteiger partial charge in [-0.15, -0.1) is 0 Å². The Balaban J connectivity index is 2.77. The smallest absolute Gasteiger partial charge is 0.00743 e. The van der Waals surface area contributed by atoms with Gasteiger partial charge in [0.15, 0.2) is 0 Å². The summed E-state index contributed by atoms with van der Waals surface area (Å²) in [7, 11) is 0. The van der Waals surface area contributed by atoms with Crippen LogP contribution in [0, 0.1) is 0 Å². The number of benzene rings is 1. The van der Waals surface area contributed by atoms with Gasteiger partial charge in [-0.05, 0) is 48.4 Å². The van der Waals surface area contributed by atoms with E-state index >= 15 is 0 Å². The van der Waals surface area contributed by atoms with Crippen LogP contribution in [0.25, 0.3) is 5.57 Å². The Labute approximate surface area is 106 Å². The van der Waals surface area contributed by atoms with Crippen LogP contribution < -0.4 is 5.73 Å². The van der Waals surface area contributed by atoms with E-state index < -0.39 is 0 Å². The molecule has 0 spiro atoms. The largest absolute Gasteiger partial charge is 0.330 e. The van der Waals surface area contributed by atoms with Crippen molar-refractivity contribution >= 4 is 5.57 Å². The number of hydrogen-bond donors (Lipinski definition) is 1. The number of allylic oxidation sites excluding steroid dienone is 2. The minimum absolute atomic E-state index is 0.232. The Morgan fingerprint density at radius 2 is 1.76 bits per heavy atom. The summed E-state index contributed by atoms with van der Waals surface area (Å²) in [5, 5.41) is 0. The van der Waals surface area contributed by atoms with Crippen LogP contribution in [0.15, 0.2) is 30.3 Å². The van der Waals surface area contributed by atoms with E-state index in [0.29, 0.717) is 0 Å². The van der Waals surface area contributed by atoms with Gasteiger partial charge in [0, 0.05) is 0 Å². The summed E-state index contributed by atoms with van der Waals surface area (Å²) in [6, 6.07) is 8.90. The first-order chi connectivity index (χ1) is 7.95. The molecule has 2 N–H and O–H groups in total. The third kappa shape index (κ3) is 4.35. The van der Waals surface area contributed by atoms with Crippen LogP contribution in [0.2, 0.25) is 0 Å². The third-order valence-corrected chi connectivity index (χ3v) is 3.07. The number of unbranched alkanes of at least 4 members (excludes halogenated alkanes) is 1. The molecule has 0 amide bonds. The number of hydrogen-bond acceptors (Lipinski definition) is 1. The van der Waals surface area contributed by atoms with E-state index in [-0.39, 0.29) is 5.41 Å². The second-order valence-electron chi connectivity index (χ2n) is 5.65. The molecule has 0 radical (unpaired) electrons. The molecule has 0 saturated carbocycles. The van der Waals surface area contributed by atoms with Gasteiger partial charge < -0.3 is 5.73 Å². The Hall–Kier alpha value is -1.08. The predicted molar refractivity (Wildman–Crippen MR) is 77.1 cm³/mol. The van der Waals surface area contributed by atoms with Crippen molar-refractivity contribution in [3.8, 4) is 0 Å². The molecule has 0 aromatic heterocycles. The van der Waals surface area contributed by atoms with Gasteiger partial charge in [-0.2, -0.15) is 0 Å². The SMILES string of the molecule is C/C(=C\CCCN)c1ccc(C(C)(C)C)cc1. The highest BCUT2D eigenvalue weighted by Gasteiger charge is 2.12. The highest BCUT2D eigenvalue weighted by Crippen LogP contribution is 2.24. The van der Waals surface area contributed by atoms with Crippen LogP contribution in [0.1, 0.15) is 51.7 Å². The van der Waals surface area contributed by atoms with Gasteiger partial charge in [0.25, 0.3) is 0 Å². The van der Waals surface area contributed by atoms with E-state index in [0.717, 1.165) is 19.4 Å². The van der Waals surface area contributed by atoms with Crippen molar-refractivity contribution in [3.63, 3.8) is 0 Å². The molecule has 1 nitrogen and oxygen atoms in total. The average molecular weight is 231 g/mol. The zero-order valence-electron chi connectivity index (χ0n) is 11.6. The molecule has 0 fully saturated rings. The molecule has 0 unspecified atom stereocenters. The van der Waals surface area contributed by atoms with Crippen LogP contribution in [-0.4, -0.2) is 6.54 Å². The first kappa shape index (κ1) is 14.0. The van der Waals surface area contributed by atoms with E-state index in [9.17, 15) is 0 Å². The molecule has 0 saturated heterocycles. The van der Waals surface area contributed by atoms with Crippen molar-refractivity contribution < 1.29 is 0 Å². The lowest BCUT2D eigenvalue weighted by molar-refractivity contribution is 0.590. The minimum atomic E-state index is 0.232. The third-order valence-electron chi connectivity index (χ3n) is 3.07. The Morgan fingerprint density at radius 3 is 2.24 bits per heavy atom. The van der Waals surface area contributed by atoms with Crippen molar-refractivity contribution in [2.75, 3.05) is 6.54 Å². The second-order valence-corrected chi connectivity index (χ2v) is 5.65. The van der Waals surface area contributed by atoms with E-state index in [1.165, 1.54) is 16.7 Å². The fraction of sp³-hybridized carbons (Fsp3) is 0.500. The summed E-state index contributed by atoms with van der Waals surface area (Å²) in [4.78, 5) is 0. The molecule has 0 bridgehead atoms. The van der Waals surface area contributed by atoms with Crippen LogP contribution in [0.4, 0.5) is 0 Å². The van der Waals surface area contributed by atoms with Crippen LogP contribution in [0.3, 0.4) is 0 Å². The fourth-order valence-electron chi connectivity index (χ4n) is 1.79. The molecule has 0 aliphatic heterocycles. The quantitative estimate of drug-likeness (QED) is 0.775. The van der Waals surface area contributed by atoms with Gasteiger partial charge in [-0.1, -0.05) is 51.1 Å². The van der Waals surface area contributed by atoms with Gasteiger partial charge in [0.1, 0.15) is 0 Å². The molecule has 1 aromatic carbocycles. The van der Waals surface area contributed by atoms with Crippen LogP contribution in [0.5, 0.6) is 0 Å². The van der Waals surface area contributed by atoms with Crippen LogP contribution in [-0.2, 0) is 5.41 Å². The highest BCUT2D eigenvalue weighted by molar-refractivity contribution is 5.63. The summed E-state index contributed by atoms with van der Waals surface area (Å²) < 4.78 is 0. The van der Waals surface area contributed by atoms with Crippen molar-refractivity contribution in [1.29, 1.82) is 0 Å². The molecule has 94 valence electrons. The Kier molecular flexibility index (Phi) is 4.95. The monoisotopic (exact) mass is 231 g/mol. The molecular weight excluding hydrogens is 206 g/mol. The molecule has 0 atom stereocenters. The average Bonchev–Trinajstić information content (AvgIpc) is 2.28. The molecular formula is C16H25N. The standard InChI is InChI=1S/C16H25N/c1-13(7-5-6-12-17)14-8-10-15(11-9-14)16(2,3)4/h7-11H,5-6,12,17H2,1-4H3/b13-7+. The van der Waals surface area contributed by atoms with Crippen molar-refractivity contribution in [2.45, 2.75) is 46.0 Å².